The Labute approximate surface area is 264 Å². The molecule has 7 rings (SSSR count). The zero-order valence-corrected chi connectivity index (χ0v) is 28.6. The van der Waals surface area contributed by atoms with Gasteiger partial charge in [-0.2, -0.15) is 0 Å². The minimum absolute atomic E-state index is 0.0310. The first-order valence-electron chi connectivity index (χ1n) is 17.0. The highest BCUT2D eigenvalue weighted by atomic mass is 32.2. The molecule has 43 heavy (non-hydrogen) atoms. The largest absolute Gasteiger partial charge is 0.497 e. The van der Waals surface area contributed by atoms with Gasteiger partial charge in [-0.05, 0) is 98.3 Å². The highest BCUT2D eigenvalue weighted by molar-refractivity contribution is 8.14. The summed E-state index contributed by atoms with van der Waals surface area (Å²) in [7, 11) is 3.88. The van der Waals surface area contributed by atoms with E-state index in [0.717, 1.165) is 43.7 Å². The van der Waals surface area contributed by atoms with Gasteiger partial charge in [-0.15, -0.1) is 11.8 Å². The van der Waals surface area contributed by atoms with E-state index in [1.165, 1.54) is 23.4 Å². The Bertz CT molecular complexity index is 1330. The average Bonchev–Trinajstić information content (AvgIpc) is 3.60. The molecule has 236 valence electrons. The van der Waals surface area contributed by atoms with Gasteiger partial charge in [-0.25, -0.2) is 0 Å². The summed E-state index contributed by atoms with van der Waals surface area (Å²) in [5, 5.41) is 13.2. The van der Waals surface area contributed by atoms with Gasteiger partial charge in [0.1, 0.15) is 11.5 Å². The van der Waals surface area contributed by atoms with Crippen LogP contribution in [0.3, 0.4) is 0 Å². The molecule has 0 saturated heterocycles. The zero-order chi connectivity index (χ0) is 30.7. The van der Waals surface area contributed by atoms with Crippen LogP contribution in [0.5, 0.6) is 5.75 Å². The topological polar surface area (TPSA) is 62.1 Å². The molecule has 1 aromatic rings. The molecule has 5 nitrogen and oxygen atoms in total. The van der Waals surface area contributed by atoms with Gasteiger partial charge in [0.2, 0.25) is 0 Å². The van der Waals surface area contributed by atoms with Crippen molar-refractivity contribution >= 4 is 22.6 Å². The standard InChI is InChI=1S/C37H54N2O3S/c1-22(2)32-38-29-15-16-36-20-37(36)28(14-13-27(36)33(29,4)21-43-32)34(5)17-26(40)31(35(34,6)18-30(37)41)23(3)39(7)19-24-9-11-25(42-8)12-10-24/h9-12,22-23,26-29,31,40H,13-21H2,1-8H3/t23-,26+,27-,28-,29-,31-,33-,34-,35+,36+,37-/m0/s1. The first-order chi connectivity index (χ1) is 20.3. The van der Waals surface area contributed by atoms with Crippen LogP contribution in [0.1, 0.15) is 92.1 Å². The minimum atomic E-state index is -0.384. The summed E-state index contributed by atoms with van der Waals surface area (Å²) >= 11 is 2.00. The molecule has 5 fully saturated rings. The summed E-state index contributed by atoms with van der Waals surface area (Å²) in [6.07, 6.45) is 6.82. The van der Waals surface area contributed by atoms with Crippen LogP contribution in [0.15, 0.2) is 29.3 Å². The zero-order valence-electron chi connectivity index (χ0n) is 27.8. The van der Waals surface area contributed by atoms with E-state index in [0.29, 0.717) is 36.0 Å². The molecule has 0 amide bonds. The van der Waals surface area contributed by atoms with E-state index in [9.17, 15) is 9.90 Å². The lowest BCUT2D eigenvalue weighted by Crippen LogP contribution is -2.62. The van der Waals surface area contributed by atoms with E-state index in [1.807, 2.05) is 23.9 Å². The van der Waals surface area contributed by atoms with E-state index in [4.69, 9.17) is 9.73 Å². The second-order valence-electron chi connectivity index (χ2n) is 16.7. The van der Waals surface area contributed by atoms with Gasteiger partial charge in [0, 0.05) is 47.4 Å². The number of carbonyl (C=O) groups excluding carboxylic acids is 1. The third-order valence-electron chi connectivity index (χ3n) is 14.8. The van der Waals surface area contributed by atoms with E-state index < -0.39 is 0 Å². The van der Waals surface area contributed by atoms with Crippen molar-refractivity contribution in [1.82, 2.24) is 4.90 Å². The van der Waals surface area contributed by atoms with Crippen LogP contribution in [0.2, 0.25) is 0 Å². The smallest absolute Gasteiger partial charge is 0.140 e. The Morgan fingerprint density at radius 1 is 1.07 bits per heavy atom. The molecule has 0 bridgehead atoms. The number of Topliss-reactive ketones (excluding diaryl/α,β-unsaturated/α-hetero) is 1. The van der Waals surface area contributed by atoms with Gasteiger partial charge in [-0.1, -0.05) is 46.8 Å². The number of ketones is 1. The van der Waals surface area contributed by atoms with Crippen molar-refractivity contribution in [3.05, 3.63) is 29.8 Å². The second kappa shape index (κ2) is 9.82. The van der Waals surface area contributed by atoms with Crippen LogP contribution >= 0.6 is 11.8 Å². The van der Waals surface area contributed by atoms with Crippen LogP contribution in [0, 0.1) is 50.7 Å². The number of aliphatic hydroxyl groups excluding tert-OH is 1. The van der Waals surface area contributed by atoms with Gasteiger partial charge in [0.15, 0.2) is 0 Å². The molecule has 0 radical (unpaired) electrons. The molecular formula is C37H54N2O3S. The monoisotopic (exact) mass is 606 g/mol. The Balaban J connectivity index is 1.17. The second-order valence-corrected chi connectivity index (χ2v) is 17.7. The molecule has 1 N–H and O–H groups in total. The fourth-order valence-electron chi connectivity index (χ4n) is 12.4. The predicted molar refractivity (Wildman–Crippen MR) is 175 cm³/mol. The Morgan fingerprint density at radius 3 is 2.44 bits per heavy atom. The van der Waals surface area contributed by atoms with Crippen molar-refractivity contribution in [3.63, 3.8) is 0 Å². The SMILES string of the molecule is COc1ccc(CN(C)[C@@H](C)[C@H]2[C@H](O)C[C@@]3(C)[C@@H]4CC[C@H]5[C@]6(C)CSC(C(C)C)=N[C@H]6CC[C@@]56C[C@@]46C(=O)C[C@]23C)cc1. The highest BCUT2D eigenvalue weighted by Gasteiger charge is 2.86. The van der Waals surface area contributed by atoms with E-state index in [2.05, 4.69) is 65.6 Å². The van der Waals surface area contributed by atoms with Crippen LogP contribution < -0.4 is 4.74 Å². The summed E-state index contributed by atoms with van der Waals surface area (Å²) in [4.78, 5) is 22.5. The Kier molecular flexibility index (Phi) is 6.91. The van der Waals surface area contributed by atoms with Gasteiger partial charge in [0.05, 0.1) is 24.3 Å². The quantitative estimate of drug-likeness (QED) is 0.370. The molecule has 5 saturated carbocycles. The number of methoxy groups -OCH3 is 1. The van der Waals surface area contributed by atoms with Crippen molar-refractivity contribution < 1.29 is 14.6 Å². The first-order valence-corrected chi connectivity index (χ1v) is 18.0. The lowest BCUT2D eigenvalue weighted by molar-refractivity contribution is -0.169. The van der Waals surface area contributed by atoms with Crippen LogP contribution in [-0.4, -0.2) is 58.9 Å². The molecule has 2 spiro atoms. The number of rotatable bonds is 6. The van der Waals surface area contributed by atoms with E-state index in [-0.39, 0.29) is 45.1 Å². The van der Waals surface area contributed by atoms with E-state index >= 15 is 0 Å². The van der Waals surface area contributed by atoms with Gasteiger partial charge < -0.3 is 9.84 Å². The molecule has 0 unspecified atom stereocenters. The number of thioether (sulfide) groups is 1. The summed E-state index contributed by atoms with van der Waals surface area (Å²) < 4.78 is 5.36. The van der Waals surface area contributed by atoms with Crippen LogP contribution in [0.4, 0.5) is 0 Å². The number of aliphatic hydroxyl groups is 1. The van der Waals surface area contributed by atoms with Crippen LogP contribution in [-0.2, 0) is 11.3 Å². The third-order valence-corrected chi connectivity index (χ3v) is 16.4. The molecule has 1 aromatic carbocycles. The summed E-state index contributed by atoms with van der Waals surface area (Å²) in [6.45, 7) is 15.0. The van der Waals surface area contributed by atoms with Crippen molar-refractivity contribution in [2.45, 2.75) is 111 Å². The number of carbonyl (C=O) groups is 1. The van der Waals surface area contributed by atoms with Crippen molar-refractivity contribution in [2.75, 3.05) is 19.9 Å². The number of ether oxygens (including phenoxy) is 1. The van der Waals surface area contributed by atoms with Crippen LogP contribution in [0.25, 0.3) is 0 Å². The Morgan fingerprint density at radius 2 is 1.77 bits per heavy atom. The van der Waals surface area contributed by atoms with Crippen molar-refractivity contribution in [2.24, 2.45) is 55.7 Å². The highest BCUT2D eigenvalue weighted by Crippen LogP contribution is 2.88. The normalized spacial score (nSPS) is 47.2. The maximum absolute atomic E-state index is 14.8. The van der Waals surface area contributed by atoms with Gasteiger partial charge >= 0.3 is 0 Å². The van der Waals surface area contributed by atoms with Gasteiger partial charge in [0.25, 0.3) is 0 Å². The molecule has 1 aliphatic heterocycles. The first kappa shape index (κ1) is 30.3. The summed E-state index contributed by atoms with van der Waals surface area (Å²) in [5.41, 5.74) is 1.18. The minimum Gasteiger partial charge on any atom is -0.497 e. The fourth-order valence-corrected chi connectivity index (χ4v) is 13.8. The molecule has 6 aliphatic rings. The van der Waals surface area contributed by atoms with Gasteiger partial charge in [-0.3, -0.25) is 14.7 Å². The third kappa shape index (κ3) is 3.84. The molecule has 0 aromatic heterocycles. The molecule has 6 heteroatoms. The molecular weight excluding hydrogens is 552 g/mol. The fraction of sp³-hybridized carbons (Fsp3) is 0.784. The summed E-state index contributed by atoms with van der Waals surface area (Å²) in [5.74, 6) is 4.12. The number of fused-ring (bicyclic) bond motifs is 4. The average molecular weight is 607 g/mol. The maximum atomic E-state index is 14.8. The molecule has 11 atom stereocenters. The molecule has 5 aliphatic carbocycles. The van der Waals surface area contributed by atoms with E-state index in [1.54, 1.807) is 7.11 Å². The lowest BCUT2D eigenvalue weighted by atomic mass is 9.41. The number of benzene rings is 1. The van der Waals surface area contributed by atoms with Crippen molar-refractivity contribution in [1.29, 1.82) is 0 Å². The Hall–Kier alpha value is -1.37. The predicted octanol–water partition coefficient (Wildman–Crippen LogP) is 7.25. The molecule has 1 heterocycles. The lowest BCUT2D eigenvalue weighted by Gasteiger charge is -2.63. The number of aliphatic imine (C=N–C) groups is 1. The van der Waals surface area contributed by atoms with Crippen molar-refractivity contribution in [3.8, 4) is 5.75 Å². The number of nitrogens with zero attached hydrogens (tertiary/aromatic N) is 2. The summed E-state index contributed by atoms with van der Waals surface area (Å²) in [6, 6.07) is 8.88. The number of hydrogen-bond acceptors (Lipinski definition) is 6. The maximum Gasteiger partial charge on any atom is 0.140 e. The number of hydrogen-bond donors (Lipinski definition) is 1.